The number of amides is 1. The van der Waals surface area contributed by atoms with Gasteiger partial charge in [-0.05, 0) is 67.3 Å². The molecule has 0 saturated heterocycles. The summed E-state index contributed by atoms with van der Waals surface area (Å²) in [5.41, 5.74) is 6.70. The first-order valence-corrected chi connectivity index (χ1v) is 16.8. The third-order valence-corrected chi connectivity index (χ3v) is 9.22. The van der Waals surface area contributed by atoms with Gasteiger partial charge in [0, 0.05) is 52.0 Å². The lowest BCUT2D eigenvalue weighted by atomic mass is 10.0. The third-order valence-electron chi connectivity index (χ3n) is 8.27. The average molecular weight is 624 g/mol. The van der Waals surface area contributed by atoms with E-state index in [1.165, 1.54) is 18.4 Å². The van der Waals surface area contributed by atoms with Crippen molar-refractivity contribution in [3.05, 3.63) is 78.6 Å². The standard InChI is InChI=1S/C33H30FN7O3S/c1-45(43,44)9-7-19-10-21(12-23(34)11-19)31-25-15-29(39-27(25)6-8-36-31)32-26-14-28(37-18-30(26)40-41-32)22-13-24(17-35-16-22)38-33(42)20-4-2-3-5-20/h6,8,10-18,20,39H,2-5,7,9H2,1H3,(H,38,42)(H,40,41). The highest BCUT2D eigenvalue weighted by Crippen LogP contribution is 2.35. The highest BCUT2D eigenvalue weighted by molar-refractivity contribution is 7.90. The Kier molecular flexibility index (Phi) is 7.36. The summed E-state index contributed by atoms with van der Waals surface area (Å²) in [6.45, 7) is 0. The molecule has 0 radical (unpaired) electrons. The van der Waals surface area contributed by atoms with Crippen molar-refractivity contribution in [2.75, 3.05) is 17.3 Å². The van der Waals surface area contributed by atoms with Gasteiger partial charge in [0.1, 0.15) is 21.3 Å². The predicted octanol–water partition coefficient (Wildman–Crippen LogP) is 6.09. The van der Waals surface area contributed by atoms with E-state index in [9.17, 15) is 17.6 Å². The molecule has 12 heteroatoms. The lowest BCUT2D eigenvalue weighted by Gasteiger charge is -2.11. The molecule has 0 unspecified atom stereocenters. The minimum atomic E-state index is -3.20. The van der Waals surface area contributed by atoms with E-state index in [4.69, 9.17) is 0 Å². The minimum Gasteiger partial charge on any atom is -0.353 e. The van der Waals surface area contributed by atoms with Crippen molar-refractivity contribution in [3.8, 4) is 33.9 Å². The van der Waals surface area contributed by atoms with Crippen LogP contribution in [0.25, 0.3) is 55.7 Å². The molecule has 3 N–H and O–H groups in total. The number of benzene rings is 1. The van der Waals surface area contributed by atoms with Crippen LogP contribution >= 0.6 is 0 Å². The van der Waals surface area contributed by atoms with E-state index in [2.05, 4.69) is 35.5 Å². The van der Waals surface area contributed by atoms with Gasteiger partial charge in [-0.3, -0.25) is 24.8 Å². The summed E-state index contributed by atoms with van der Waals surface area (Å²) in [4.78, 5) is 29.6. The van der Waals surface area contributed by atoms with Crippen LogP contribution in [-0.2, 0) is 21.1 Å². The number of carbonyl (C=O) groups is 1. The normalized spacial score (nSPS) is 14.0. The van der Waals surface area contributed by atoms with Gasteiger partial charge in [-0.25, -0.2) is 12.8 Å². The van der Waals surface area contributed by atoms with Crippen LogP contribution in [0.1, 0.15) is 31.2 Å². The molecule has 1 amide bonds. The Hall–Kier alpha value is -4.97. The van der Waals surface area contributed by atoms with E-state index >= 15 is 0 Å². The van der Waals surface area contributed by atoms with Gasteiger partial charge in [-0.15, -0.1) is 0 Å². The molecule has 0 bridgehead atoms. The topological polar surface area (TPSA) is 146 Å². The van der Waals surface area contributed by atoms with E-state index in [1.54, 1.807) is 30.9 Å². The van der Waals surface area contributed by atoms with Crippen LogP contribution in [0.5, 0.6) is 0 Å². The second kappa shape index (κ2) is 11.5. The summed E-state index contributed by atoms with van der Waals surface area (Å²) >= 11 is 0. The number of aryl methyl sites for hydroxylation is 1. The van der Waals surface area contributed by atoms with Crippen molar-refractivity contribution in [1.29, 1.82) is 0 Å². The summed E-state index contributed by atoms with van der Waals surface area (Å²) < 4.78 is 38.0. The first-order valence-electron chi connectivity index (χ1n) is 14.8. The van der Waals surface area contributed by atoms with Crippen LogP contribution in [0.2, 0.25) is 0 Å². The largest absolute Gasteiger partial charge is 0.353 e. The lowest BCUT2D eigenvalue weighted by molar-refractivity contribution is -0.119. The van der Waals surface area contributed by atoms with Crippen LogP contribution < -0.4 is 5.32 Å². The van der Waals surface area contributed by atoms with E-state index < -0.39 is 15.7 Å². The summed E-state index contributed by atoms with van der Waals surface area (Å²) in [5, 5.41) is 12.2. The molecule has 0 aliphatic heterocycles. The molecular formula is C33H30FN7O3S. The van der Waals surface area contributed by atoms with Crippen molar-refractivity contribution >= 4 is 43.2 Å². The maximum absolute atomic E-state index is 14.6. The molecule has 5 heterocycles. The van der Waals surface area contributed by atoms with Gasteiger partial charge in [-0.1, -0.05) is 12.8 Å². The Morgan fingerprint density at radius 1 is 0.956 bits per heavy atom. The molecule has 1 aliphatic carbocycles. The zero-order valence-electron chi connectivity index (χ0n) is 24.5. The number of sulfone groups is 1. The predicted molar refractivity (Wildman–Crippen MR) is 172 cm³/mol. The number of pyridine rings is 3. The highest BCUT2D eigenvalue weighted by Gasteiger charge is 2.23. The van der Waals surface area contributed by atoms with Gasteiger partial charge in [0.15, 0.2) is 0 Å². The summed E-state index contributed by atoms with van der Waals surface area (Å²) in [6, 6.07) is 12.1. The molecular weight excluding hydrogens is 593 g/mol. The van der Waals surface area contributed by atoms with Gasteiger partial charge >= 0.3 is 0 Å². The number of rotatable bonds is 8. The van der Waals surface area contributed by atoms with Crippen LogP contribution in [0, 0.1) is 11.7 Å². The number of anilines is 1. The first-order chi connectivity index (χ1) is 21.7. The van der Waals surface area contributed by atoms with Crippen molar-refractivity contribution in [1.82, 2.24) is 30.1 Å². The minimum absolute atomic E-state index is 0.0306. The van der Waals surface area contributed by atoms with Crippen LogP contribution in [0.4, 0.5) is 10.1 Å². The number of aromatic nitrogens is 6. The fourth-order valence-corrected chi connectivity index (χ4v) is 6.61. The fourth-order valence-electron chi connectivity index (χ4n) is 6.01. The lowest BCUT2D eigenvalue weighted by Crippen LogP contribution is -2.20. The Morgan fingerprint density at radius 3 is 2.60 bits per heavy atom. The molecule has 1 aromatic carbocycles. The van der Waals surface area contributed by atoms with Gasteiger partial charge in [0.05, 0.1) is 46.4 Å². The number of aromatic amines is 2. The molecule has 45 heavy (non-hydrogen) atoms. The van der Waals surface area contributed by atoms with Crippen LogP contribution in [-0.4, -0.2) is 56.5 Å². The smallest absolute Gasteiger partial charge is 0.227 e. The maximum atomic E-state index is 14.6. The molecule has 228 valence electrons. The molecule has 1 aliphatic rings. The summed E-state index contributed by atoms with van der Waals surface area (Å²) in [5.74, 6) is -0.449. The first kappa shape index (κ1) is 28.8. The molecule has 0 atom stereocenters. The van der Waals surface area contributed by atoms with Gasteiger partial charge in [0.25, 0.3) is 0 Å². The van der Waals surface area contributed by atoms with Crippen molar-refractivity contribution in [2.24, 2.45) is 5.92 Å². The Morgan fingerprint density at radius 2 is 1.78 bits per heavy atom. The number of fused-ring (bicyclic) bond motifs is 2. The van der Waals surface area contributed by atoms with Gasteiger partial charge in [-0.2, -0.15) is 5.10 Å². The molecule has 7 rings (SSSR count). The van der Waals surface area contributed by atoms with E-state index in [-0.39, 0.29) is 24.0 Å². The Bertz CT molecular complexity index is 2190. The van der Waals surface area contributed by atoms with Crippen LogP contribution in [0.3, 0.4) is 0 Å². The second-order valence-electron chi connectivity index (χ2n) is 11.7. The zero-order valence-corrected chi connectivity index (χ0v) is 25.3. The molecule has 1 fully saturated rings. The van der Waals surface area contributed by atoms with Crippen molar-refractivity contribution in [3.63, 3.8) is 0 Å². The molecule has 6 aromatic rings. The summed E-state index contributed by atoms with van der Waals surface area (Å²) in [6.07, 6.45) is 12.1. The number of halogens is 1. The SMILES string of the molecule is CS(=O)(=O)CCc1cc(F)cc(-c2nccc3[nH]c(-c4n[nH]c5cnc(-c6cncc(NC(=O)C7CCCC7)c6)cc45)cc23)c1. The number of hydrogen-bond donors (Lipinski definition) is 3. The third kappa shape index (κ3) is 6.05. The molecule has 1 saturated carbocycles. The number of nitrogens with zero attached hydrogens (tertiary/aromatic N) is 4. The van der Waals surface area contributed by atoms with Gasteiger partial charge < -0.3 is 10.3 Å². The fraction of sp³-hybridized carbons (Fsp3) is 0.242. The van der Waals surface area contributed by atoms with Gasteiger partial charge in [0.2, 0.25) is 5.91 Å². The highest BCUT2D eigenvalue weighted by atomic mass is 32.2. The molecule has 5 aromatic heterocycles. The Balaban J connectivity index is 1.22. The van der Waals surface area contributed by atoms with Crippen molar-refractivity contribution in [2.45, 2.75) is 32.1 Å². The quantitative estimate of drug-likeness (QED) is 0.186. The number of hydrogen-bond acceptors (Lipinski definition) is 7. The molecule has 10 nitrogen and oxygen atoms in total. The second-order valence-corrected chi connectivity index (χ2v) is 13.9. The average Bonchev–Trinajstić information content (AvgIpc) is 3.79. The van der Waals surface area contributed by atoms with E-state index in [0.717, 1.165) is 58.7 Å². The van der Waals surface area contributed by atoms with E-state index in [1.807, 2.05) is 24.3 Å². The maximum Gasteiger partial charge on any atom is 0.227 e. The number of carbonyl (C=O) groups excluding carboxylic acids is 1. The monoisotopic (exact) mass is 623 g/mol. The summed E-state index contributed by atoms with van der Waals surface area (Å²) in [7, 11) is -3.20. The van der Waals surface area contributed by atoms with E-state index in [0.29, 0.717) is 33.9 Å². The zero-order chi connectivity index (χ0) is 31.1. The molecule has 0 spiro atoms. The van der Waals surface area contributed by atoms with Crippen LogP contribution in [0.15, 0.2) is 67.3 Å². The van der Waals surface area contributed by atoms with Crippen molar-refractivity contribution < 1.29 is 17.6 Å². The number of nitrogens with one attached hydrogen (secondary N) is 3. The Labute approximate surface area is 258 Å². The number of H-pyrrole nitrogens is 2.